The van der Waals surface area contributed by atoms with Crippen molar-refractivity contribution in [1.82, 2.24) is 10.2 Å². The fourth-order valence-corrected chi connectivity index (χ4v) is 3.88. The molecule has 2 bridgehead atoms. The van der Waals surface area contributed by atoms with Crippen LogP contribution in [0.25, 0.3) is 0 Å². The first-order valence-electron chi connectivity index (χ1n) is 8.04. The van der Waals surface area contributed by atoms with Crippen molar-refractivity contribution in [3.8, 4) is 0 Å². The van der Waals surface area contributed by atoms with Gasteiger partial charge in [-0.05, 0) is 36.8 Å². The lowest BCUT2D eigenvalue weighted by Gasteiger charge is -2.49. The number of carbonyl (C=O) groups is 1. The quantitative estimate of drug-likeness (QED) is 0.894. The fraction of sp³-hybridized carbons (Fsp3) is 0.588. The predicted molar refractivity (Wildman–Crippen MR) is 85.3 cm³/mol. The van der Waals surface area contributed by atoms with Gasteiger partial charge < -0.3 is 10.6 Å². The summed E-state index contributed by atoms with van der Waals surface area (Å²) in [5, 5.41) is 6.32. The van der Waals surface area contributed by atoms with E-state index in [2.05, 4.69) is 22.5 Å². The molecule has 1 unspecified atom stereocenters. The van der Waals surface area contributed by atoms with E-state index in [0.29, 0.717) is 0 Å². The molecule has 21 heavy (non-hydrogen) atoms. The number of anilines is 1. The Kier molecular flexibility index (Phi) is 4.15. The van der Waals surface area contributed by atoms with Crippen molar-refractivity contribution in [3.63, 3.8) is 0 Å². The zero-order valence-corrected chi connectivity index (χ0v) is 12.9. The van der Waals surface area contributed by atoms with E-state index >= 15 is 0 Å². The van der Waals surface area contributed by atoms with E-state index in [-0.39, 0.29) is 12.1 Å². The standard InChI is InChI=1S/C17H25N3O/c1-3-12-11-20-9-8-13(12)10-16(20)19-17(21)14-6-4-5-7-15(14)18-2/h4-7,12-13,16,18H,3,8-11H2,1-2H3,(H,19,21)/t12-,13-,16-/m0/s1. The Hall–Kier alpha value is -1.55. The molecule has 2 N–H and O–H groups in total. The van der Waals surface area contributed by atoms with Crippen LogP contribution in [0.4, 0.5) is 5.69 Å². The highest BCUT2D eigenvalue weighted by molar-refractivity contribution is 5.99. The number of para-hydroxylation sites is 1. The maximum absolute atomic E-state index is 12.5. The largest absolute Gasteiger partial charge is 0.387 e. The Bertz CT molecular complexity index is 517. The van der Waals surface area contributed by atoms with Crippen LogP contribution in [0.15, 0.2) is 24.3 Å². The molecule has 4 nitrogen and oxygen atoms in total. The van der Waals surface area contributed by atoms with Crippen LogP contribution in [0.5, 0.6) is 0 Å². The summed E-state index contributed by atoms with van der Waals surface area (Å²) < 4.78 is 0. The Morgan fingerprint density at radius 1 is 1.38 bits per heavy atom. The van der Waals surface area contributed by atoms with Crippen LogP contribution < -0.4 is 10.6 Å². The Morgan fingerprint density at radius 3 is 2.86 bits per heavy atom. The monoisotopic (exact) mass is 287 g/mol. The minimum atomic E-state index is 0.0329. The van der Waals surface area contributed by atoms with Gasteiger partial charge in [-0.25, -0.2) is 0 Å². The Morgan fingerprint density at radius 2 is 2.19 bits per heavy atom. The first kappa shape index (κ1) is 14.4. The highest BCUT2D eigenvalue weighted by Gasteiger charge is 2.39. The summed E-state index contributed by atoms with van der Waals surface area (Å²) >= 11 is 0. The van der Waals surface area contributed by atoms with Gasteiger partial charge in [0.15, 0.2) is 0 Å². The average Bonchev–Trinajstić information content (AvgIpc) is 2.55. The summed E-state index contributed by atoms with van der Waals surface area (Å²) in [5.41, 5.74) is 1.62. The number of hydrogen-bond donors (Lipinski definition) is 2. The van der Waals surface area contributed by atoms with Crippen LogP contribution in [0.1, 0.15) is 36.5 Å². The molecule has 3 aliphatic heterocycles. The van der Waals surface area contributed by atoms with Crippen molar-refractivity contribution in [2.45, 2.75) is 32.4 Å². The lowest BCUT2D eigenvalue weighted by Crippen LogP contribution is -2.59. The molecule has 0 aromatic heterocycles. The topological polar surface area (TPSA) is 44.4 Å². The minimum Gasteiger partial charge on any atom is -0.387 e. The predicted octanol–water partition coefficient (Wildman–Crippen LogP) is 2.54. The van der Waals surface area contributed by atoms with E-state index in [1.54, 1.807) is 0 Å². The average molecular weight is 287 g/mol. The van der Waals surface area contributed by atoms with Gasteiger partial charge in [-0.3, -0.25) is 9.69 Å². The van der Waals surface area contributed by atoms with E-state index in [9.17, 15) is 4.79 Å². The number of carbonyl (C=O) groups excluding carboxylic acids is 1. The summed E-state index contributed by atoms with van der Waals surface area (Å²) in [4.78, 5) is 15.0. The number of nitrogens with one attached hydrogen (secondary N) is 2. The van der Waals surface area contributed by atoms with Crippen LogP contribution in [-0.2, 0) is 0 Å². The molecule has 0 spiro atoms. The molecule has 4 heteroatoms. The molecule has 1 amide bonds. The van der Waals surface area contributed by atoms with Gasteiger partial charge in [-0.15, -0.1) is 0 Å². The first-order chi connectivity index (χ1) is 10.2. The molecule has 0 aliphatic carbocycles. The lowest BCUT2D eigenvalue weighted by molar-refractivity contribution is -0.0121. The first-order valence-corrected chi connectivity index (χ1v) is 8.04. The van der Waals surface area contributed by atoms with Gasteiger partial charge in [0.05, 0.1) is 11.7 Å². The third-order valence-electron chi connectivity index (χ3n) is 5.15. The van der Waals surface area contributed by atoms with Crippen molar-refractivity contribution >= 4 is 11.6 Å². The molecule has 3 heterocycles. The second-order valence-electron chi connectivity index (χ2n) is 6.23. The number of amides is 1. The number of hydrogen-bond acceptors (Lipinski definition) is 3. The van der Waals surface area contributed by atoms with Crippen molar-refractivity contribution in [1.29, 1.82) is 0 Å². The number of piperidine rings is 3. The van der Waals surface area contributed by atoms with Crippen molar-refractivity contribution in [2.24, 2.45) is 11.8 Å². The SMILES string of the molecule is CC[C@H]1CN2CC[C@H]1C[C@H]2NC(=O)c1ccccc1NC. The molecule has 4 atom stereocenters. The van der Waals surface area contributed by atoms with E-state index in [1.165, 1.54) is 12.8 Å². The molecule has 0 saturated carbocycles. The van der Waals surface area contributed by atoms with Gasteiger partial charge in [0.25, 0.3) is 5.91 Å². The molecule has 3 fully saturated rings. The maximum atomic E-state index is 12.5. The molecule has 114 valence electrons. The minimum absolute atomic E-state index is 0.0329. The van der Waals surface area contributed by atoms with Crippen LogP contribution in [0, 0.1) is 11.8 Å². The third-order valence-corrected chi connectivity index (χ3v) is 5.15. The van der Waals surface area contributed by atoms with E-state index in [1.807, 2.05) is 31.3 Å². The number of nitrogens with zero attached hydrogens (tertiary/aromatic N) is 1. The Labute approximate surface area is 126 Å². The highest BCUT2D eigenvalue weighted by atomic mass is 16.1. The van der Waals surface area contributed by atoms with Gasteiger partial charge in [0.2, 0.25) is 0 Å². The van der Waals surface area contributed by atoms with Crippen molar-refractivity contribution in [3.05, 3.63) is 29.8 Å². The second kappa shape index (κ2) is 6.06. The van der Waals surface area contributed by atoms with Crippen molar-refractivity contribution in [2.75, 3.05) is 25.5 Å². The highest BCUT2D eigenvalue weighted by Crippen LogP contribution is 2.36. The molecule has 4 rings (SSSR count). The van der Waals surface area contributed by atoms with E-state index in [0.717, 1.165) is 42.6 Å². The van der Waals surface area contributed by atoms with Gasteiger partial charge >= 0.3 is 0 Å². The lowest BCUT2D eigenvalue weighted by atomic mass is 9.76. The summed E-state index contributed by atoms with van der Waals surface area (Å²) in [7, 11) is 1.85. The van der Waals surface area contributed by atoms with Crippen LogP contribution in [0.2, 0.25) is 0 Å². The van der Waals surface area contributed by atoms with Crippen LogP contribution in [0.3, 0.4) is 0 Å². The number of rotatable bonds is 4. The summed E-state index contributed by atoms with van der Waals surface area (Å²) in [6.45, 7) is 4.54. The normalized spacial score (nSPS) is 31.0. The summed E-state index contributed by atoms with van der Waals surface area (Å²) in [6.07, 6.45) is 3.86. The van der Waals surface area contributed by atoms with Gasteiger partial charge in [0.1, 0.15) is 0 Å². The molecular formula is C17H25N3O. The smallest absolute Gasteiger partial charge is 0.254 e. The second-order valence-corrected chi connectivity index (χ2v) is 6.23. The number of benzene rings is 1. The summed E-state index contributed by atoms with van der Waals surface area (Å²) in [5.74, 6) is 1.63. The zero-order chi connectivity index (χ0) is 14.8. The summed E-state index contributed by atoms with van der Waals surface area (Å²) in [6, 6.07) is 7.68. The molecule has 3 saturated heterocycles. The third kappa shape index (κ3) is 2.77. The van der Waals surface area contributed by atoms with Crippen molar-refractivity contribution < 1.29 is 4.79 Å². The van der Waals surface area contributed by atoms with E-state index < -0.39 is 0 Å². The van der Waals surface area contributed by atoms with E-state index in [4.69, 9.17) is 0 Å². The Balaban J connectivity index is 1.69. The van der Waals surface area contributed by atoms with Gasteiger partial charge in [0, 0.05) is 25.8 Å². The molecule has 1 aromatic carbocycles. The molecule has 3 aliphatic rings. The van der Waals surface area contributed by atoms with Gasteiger partial charge in [-0.2, -0.15) is 0 Å². The number of fused-ring (bicyclic) bond motifs is 3. The molecule has 0 radical (unpaired) electrons. The zero-order valence-electron chi connectivity index (χ0n) is 12.9. The van der Waals surface area contributed by atoms with Crippen LogP contribution in [-0.4, -0.2) is 37.1 Å². The van der Waals surface area contributed by atoms with Gasteiger partial charge in [-0.1, -0.05) is 25.5 Å². The molecule has 1 aromatic rings. The maximum Gasteiger partial charge on any atom is 0.254 e. The fourth-order valence-electron chi connectivity index (χ4n) is 3.88. The molecular weight excluding hydrogens is 262 g/mol. The van der Waals surface area contributed by atoms with Crippen LogP contribution >= 0.6 is 0 Å².